The van der Waals surface area contributed by atoms with E-state index in [4.69, 9.17) is 16.2 Å². The highest BCUT2D eigenvalue weighted by Gasteiger charge is 2.10. The molecular formula is C7H6ClO3S. The minimum atomic E-state index is -4.16. The van der Waals surface area contributed by atoms with E-state index in [1.165, 1.54) is 12.1 Å². The van der Waals surface area contributed by atoms with Crippen LogP contribution in [0, 0.1) is 13.0 Å². The predicted octanol–water partition coefficient (Wildman–Crippen LogP) is 1.70. The molecule has 1 N–H and O–H groups in total. The van der Waals surface area contributed by atoms with Crippen LogP contribution in [0.5, 0.6) is 0 Å². The van der Waals surface area contributed by atoms with Crippen LogP contribution in [0.4, 0.5) is 0 Å². The van der Waals surface area contributed by atoms with Crippen LogP contribution >= 0.6 is 11.6 Å². The summed E-state index contributed by atoms with van der Waals surface area (Å²) in [5.41, 5.74) is 0.492. The Balaban J connectivity index is 3.33. The van der Waals surface area contributed by atoms with Gasteiger partial charge in [-0.1, -0.05) is 11.6 Å². The van der Waals surface area contributed by atoms with Crippen molar-refractivity contribution in [3.8, 4) is 0 Å². The van der Waals surface area contributed by atoms with Crippen LogP contribution in [-0.2, 0) is 10.1 Å². The topological polar surface area (TPSA) is 54.4 Å². The lowest BCUT2D eigenvalue weighted by molar-refractivity contribution is 0.483. The maximum atomic E-state index is 10.6. The van der Waals surface area contributed by atoms with Crippen molar-refractivity contribution in [2.45, 2.75) is 11.8 Å². The van der Waals surface area contributed by atoms with E-state index in [-0.39, 0.29) is 4.90 Å². The van der Waals surface area contributed by atoms with Gasteiger partial charge in [0.2, 0.25) is 0 Å². The average Bonchev–Trinajstić information content (AvgIpc) is 1.92. The van der Waals surface area contributed by atoms with E-state index in [1.54, 1.807) is 6.92 Å². The molecule has 0 saturated heterocycles. The van der Waals surface area contributed by atoms with Crippen LogP contribution in [0.2, 0.25) is 5.02 Å². The molecule has 3 nitrogen and oxygen atoms in total. The maximum absolute atomic E-state index is 10.6. The van der Waals surface area contributed by atoms with Gasteiger partial charge in [0.05, 0.1) is 0 Å². The number of benzene rings is 1. The lowest BCUT2D eigenvalue weighted by Gasteiger charge is -1.98. The van der Waals surface area contributed by atoms with E-state index in [1.807, 2.05) is 0 Å². The first-order chi connectivity index (χ1) is 5.41. The van der Waals surface area contributed by atoms with Crippen molar-refractivity contribution in [1.82, 2.24) is 0 Å². The second-order valence-corrected chi connectivity index (χ2v) is 4.07. The number of hydrogen-bond acceptors (Lipinski definition) is 2. The first-order valence-electron chi connectivity index (χ1n) is 3.07. The molecule has 1 aromatic carbocycles. The van der Waals surface area contributed by atoms with E-state index in [0.29, 0.717) is 10.6 Å². The van der Waals surface area contributed by atoms with Crippen molar-refractivity contribution in [3.05, 3.63) is 28.8 Å². The molecule has 1 aromatic rings. The molecule has 0 saturated carbocycles. The highest BCUT2D eigenvalue weighted by atomic mass is 35.5. The Bertz CT molecular complexity index is 397. The molecule has 0 aliphatic rings. The molecule has 65 valence electrons. The summed E-state index contributed by atoms with van der Waals surface area (Å²) in [7, 11) is -4.16. The summed E-state index contributed by atoms with van der Waals surface area (Å²) in [4.78, 5) is -0.260. The average molecular weight is 206 g/mol. The standard InChI is InChI=1S/C7H6ClO3S/c1-5-4-6(12(9,10)11)2-3-7(5)8/h2-3H,1H3,(H,9,10,11). The second-order valence-electron chi connectivity index (χ2n) is 2.27. The summed E-state index contributed by atoms with van der Waals surface area (Å²) >= 11 is 5.62. The lowest BCUT2D eigenvalue weighted by atomic mass is 10.2. The minimum absolute atomic E-state index is 0.260. The third kappa shape index (κ3) is 1.97. The summed E-state index contributed by atoms with van der Waals surface area (Å²) in [6.45, 7) is 1.61. The van der Waals surface area contributed by atoms with E-state index in [2.05, 4.69) is 6.07 Å². The zero-order chi connectivity index (χ0) is 9.35. The van der Waals surface area contributed by atoms with Crippen molar-refractivity contribution in [2.75, 3.05) is 0 Å². The molecule has 12 heavy (non-hydrogen) atoms. The number of rotatable bonds is 1. The molecule has 0 spiro atoms. The Hall–Kier alpha value is -0.580. The Kier molecular flexibility index (Phi) is 2.41. The second kappa shape index (κ2) is 3.05. The summed E-state index contributed by atoms with van der Waals surface area (Å²) < 4.78 is 29.8. The molecule has 5 heteroatoms. The molecule has 0 atom stereocenters. The van der Waals surface area contributed by atoms with E-state index >= 15 is 0 Å². The molecule has 0 amide bonds. The fourth-order valence-electron chi connectivity index (χ4n) is 0.710. The molecular weight excluding hydrogens is 200 g/mol. The molecule has 1 radical (unpaired) electrons. The highest BCUT2D eigenvalue weighted by Crippen LogP contribution is 2.18. The van der Waals surface area contributed by atoms with E-state index in [9.17, 15) is 8.42 Å². The van der Waals surface area contributed by atoms with Crippen LogP contribution in [0.15, 0.2) is 17.0 Å². The van der Waals surface area contributed by atoms with Gasteiger partial charge in [0, 0.05) is 11.1 Å². The number of hydrogen-bond donors (Lipinski definition) is 1. The van der Waals surface area contributed by atoms with Gasteiger partial charge in [-0.15, -0.1) is 0 Å². The highest BCUT2D eigenvalue weighted by molar-refractivity contribution is 7.85. The van der Waals surface area contributed by atoms with Crippen LogP contribution in [0.3, 0.4) is 0 Å². The van der Waals surface area contributed by atoms with Gasteiger partial charge in [0.25, 0.3) is 10.1 Å². The van der Waals surface area contributed by atoms with Gasteiger partial charge in [0.15, 0.2) is 0 Å². The van der Waals surface area contributed by atoms with Gasteiger partial charge >= 0.3 is 0 Å². The molecule has 0 aromatic heterocycles. The van der Waals surface area contributed by atoms with Crippen LogP contribution in [-0.4, -0.2) is 13.0 Å². The summed E-state index contributed by atoms with van der Waals surface area (Å²) in [6.07, 6.45) is 0. The van der Waals surface area contributed by atoms with Crippen LogP contribution in [0.25, 0.3) is 0 Å². The first-order valence-corrected chi connectivity index (χ1v) is 4.89. The largest absolute Gasteiger partial charge is 0.295 e. The predicted molar refractivity (Wildman–Crippen MR) is 44.8 cm³/mol. The molecule has 0 heterocycles. The van der Waals surface area contributed by atoms with Gasteiger partial charge in [0.1, 0.15) is 4.90 Å². The Labute approximate surface area is 75.7 Å². The quantitative estimate of drug-likeness (QED) is 0.710. The maximum Gasteiger partial charge on any atom is 0.295 e. The van der Waals surface area contributed by atoms with Gasteiger partial charge in [-0.3, -0.25) is 4.55 Å². The zero-order valence-corrected chi connectivity index (χ0v) is 7.78. The Morgan fingerprint density at radius 3 is 2.50 bits per heavy atom. The molecule has 0 fully saturated rings. The van der Waals surface area contributed by atoms with Gasteiger partial charge in [-0.2, -0.15) is 8.42 Å². The fourth-order valence-corrected chi connectivity index (χ4v) is 1.34. The molecule has 1 rings (SSSR count). The summed E-state index contributed by atoms with van der Waals surface area (Å²) in [5, 5.41) is 0.419. The molecule has 0 aliphatic heterocycles. The van der Waals surface area contributed by atoms with Crippen molar-refractivity contribution >= 4 is 21.7 Å². The van der Waals surface area contributed by atoms with Crippen molar-refractivity contribution in [2.24, 2.45) is 0 Å². The van der Waals surface area contributed by atoms with Gasteiger partial charge in [-0.25, -0.2) is 0 Å². The lowest BCUT2D eigenvalue weighted by Crippen LogP contribution is -1.98. The number of aryl methyl sites for hydroxylation is 1. The third-order valence-corrected chi connectivity index (χ3v) is 2.53. The Morgan fingerprint density at radius 1 is 1.50 bits per heavy atom. The summed E-state index contributed by atoms with van der Waals surface area (Å²) in [5.74, 6) is 0. The summed E-state index contributed by atoms with van der Waals surface area (Å²) in [6, 6.07) is 5.04. The third-order valence-electron chi connectivity index (χ3n) is 1.33. The monoisotopic (exact) mass is 205 g/mol. The van der Waals surface area contributed by atoms with E-state index < -0.39 is 10.1 Å². The molecule has 0 aliphatic carbocycles. The normalized spacial score (nSPS) is 11.6. The first kappa shape index (κ1) is 9.51. The van der Waals surface area contributed by atoms with Crippen LogP contribution < -0.4 is 0 Å². The smallest absolute Gasteiger partial charge is 0.282 e. The van der Waals surface area contributed by atoms with Gasteiger partial charge in [-0.05, 0) is 24.6 Å². The molecule has 0 unspecified atom stereocenters. The van der Waals surface area contributed by atoms with Gasteiger partial charge < -0.3 is 0 Å². The van der Waals surface area contributed by atoms with Crippen molar-refractivity contribution in [1.29, 1.82) is 0 Å². The number of halogens is 1. The van der Waals surface area contributed by atoms with E-state index in [0.717, 1.165) is 0 Å². The fraction of sp³-hybridized carbons (Fsp3) is 0.143. The van der Waals surface area contributed by atoms with Crippen molar-refractivity contribution in [3.63, 3.8) is 0 Å². The molecule has 0 bridgehead atoms. The van der Waals surface area contributed by atoms with Crippen molar-refractivity contribution < 1.29 is 13.0 Å². The zero-order valence-electron chi connectivity index (χ0n) is 6.20. The Morgan fingerprint density at radius 2 is 2.08 bits per heavy atom. The van der Waals surface area contributed by atoms with Crippen LogP contribution in [0.1, 0.15) is 5.56 Å². The SMILES string of the molecule is Cc1[c]c(S(=O)(=O)O)ccc1Cl. The minimum Gasteiger partial charge on any atom is -0.282 e.